The van der Waals surface area contributed by atoms with Gasteiger partial charge in [0.1, 0.15) is 12.3 Å². The molecule has 0 unspecified atom stereocenters. The van der Waals surface area contributed by atoms with Crippen LogP contribution in [0.1, 0.15) is 24.2 Å². The number of carbonyl (C=O) groups excluding carboxylic acids is 3. The Hall–Kier alpha value is -3.46. The van der Waals surface area contributed by atoms with Crippen LogP contribution in [-0.4, -0.2) is 36.1 Å². The Morgan fingerprint density at radius 1 is 1.13 bits per heavy atom. The molecular formula is C21H21N3O5S. The van der Waals surface area contributed by atoms with E-state index in [-0.39, 0.29) is 19.1 Å². The number of anilines is 1. The highest BCUT2D eigenvalue weighted by molar-refractivity contribution is 7.16. The summed E-state index contributed by atoms with van der Waals surface area (Å²) in [7, 11) is 1.55. The van der Waals surface area contributed by atoms with E-state index < -0.39 is 11.9 Å². The number of thiazole rings is 1. The SMILES string of the molecule is CCOC(=O)Cn1c(=NC(=O)c2ccc(OC)cc2)sc2cc(NC(C)=O)ccc21. The lowest BCUT2D eigenvalue weighted by atomic mass is 10.2. The number of hydrogen-bond acceptors (Lipinski definition) is 6. The summed E-state index contributed by atoms with van der Waals surface area (Å²) in [5.74, 6) is -0.424. The molecule has 0 fully saturated rings. The first kappa shape index (κ1) is 21.3. The molecule has 0 aliphatic heterocycles. The average molecular weight is 427 g/mol. The molecule has 3 aromatic rings. The summed E-state index contributed by atoms with van der Waals surface area (Å²) in [5, 5.41) is 2.72. The Kier molecular flexibility index (Phi) is 6.63. The van der Waals surface area contributed by atoms with Crippen molar-refractivity contribution in [2.45, 2.75) is 20.4 Å². The molecule has 0 saturated carbocycles. The standard InChI is InChI=1S/C21H21N3O5S/c1-4-29-19(26)12-24-17-10-7-15(22-13(2)25)11-18(17)30-21(24)23-20(27)14-5-8-16(28-3)9-6-14/h5-11H,4,12H2,1-3H3,(H,22,25). The van der Waals surface area contributed by atoms with Crippen LogP contribution in [0.3, 0.4) is 0 Å². The van der Waals surface area contributed by atoms with E-state index in [1.54, 1.807) is 61.1 Å². The first-order valence-electron chi connectivity index (χ1n) is 9.21. The number of rotatable bonds is 6. The Morgan fingerprint density at radius 3 is 2.50 bits per heavy atom. The summed E-state index contributed by atoms with van der Waals surface area (Å²) in [6.45, 7) is 3.33. The highest BCUT2D eigenvalue weighted by atomic mass is 32.1. The van der Waals surface area contributed by atoms with Crippen molar-refractivity contribution in [2.75, 3.05) is 19.0 Å². The first-order valence-corrected chi connectivity index (χ1v) is 10.0. The average Bonchev–Trinajstić information content (AvgIpc) is 3.03. The van der Waals surface area contributed by atoms with E-state index in [9.17, 15) is 14.4 Å². The third kappa shape index (κ3) is 4.93. The molecule has 156 valence electrons. The maximum Gasteiger partial charge on any atom is 0.326 e. The van der Waals surface area contributed by atoms with Crippen LogP contribution in [0.15, 0.2) is 47.5 Å². The Balaban J connectivity index is 2.07. The van der Waals surface area contributed by atoms with Crippen LogP contribution in [0.2, 0.25) is 0 Å². The topological polar surface area (TPSA) is 99.0 Å². The molecule has 0 saturated heterocycles. The van der Waals surface area contributed by atoms with E-state index in [1.165, 1.54) is 18.3 Å². The molecule has 1 aromatic heterocycles. The van der Waals surface area contributed by atoms with Crippen molar-refractivity contribution in [3.8, 4) is 5.75 Å². The number of hydrogen-bond donors (Lipinski definition) is 1. The molecule has 0 aliphatic rings. The molecule has 0 bridgehead atoms. The van der Waals surface area contributed by atoms with E-state index in [0.29, 0.717) is 27.3 Å². The number of methoxy groups -OCH3 is 1. The van der Waals surface area contributed by atoms with Crippen LogP contribution in [0, 0.1) is 0 Å². The second kappa shape index (κ2) is 9.36. The summed E-state index contributed by atoms with van der Waals surface area (Å²) in [6.07, 6.45) is 0. The van der Waals surface area contributed by atoms with Gasteiger partial charge in [-0.2, -0.15) is 4.99 Å². The summed E-state index contributed by atoms with van der Waals surface area (Å²) in [5.41, 5.74) is 1.73. The van der Waals surface area contributed by atoms with Crippen LogP contribution < -0.4 is 14.9 Å². The van der Waals surface area contributed by atoms with Crippen LogP contribution in [-0.2, 0) is 20.9 Å². The number of aromatic nitrogens is 1. The first-order chi connectivity index (χ1) is 14.4. The van der Waals surface area contributed by atoms with Crippen LogP contribution >= 0.6 is 11.3 Å². The fourth-order valence-electron chi connectivity index (χ4n) is 2.81. The maximum absolute atomic E-state index is 12.7. The third-order valence-electron chi connectivity index (χ3n) is 4.13. The van der Waals surface area contributed by atoms with Crippen molar-refractivity contribution in [2.24, 2.45) is 4.99 Å². The quantitative estimate of drug-likeness (QED) is 0.610. The van der Waals surface area contributed by atoms with Gasteiger partial charge in [0, 0.05) is 18.2 Å². The largest absolute Gasteiger partial charge is 0.497 e. The number of nitrogens with one attached hydrogen (secondary N) is 1. The van der Waals surface area contributed by atoms with Crippen molar-refractivity contribution in [1.82, 2.24) is 4.57 Å². The number of fused-ring (bicyclic) bond motifs is 1. The van der Waals surface area contributed by atoms with E-state index in [2.05, 4.69) is 10.3 Å². The monoisotopic (exact) mass is 427 g/mol. The smallest absolute Gasteiger partial charge is 0.326 e. The molecule has 2 aromatic carbocycles. The van der Waals surface area contributed by atoms with Crippen molar-refractivity contribution >= 4 is 45.0 Å². The van der Waals surface area contributed by atoms with Gasteiger partial charge in [0.15, 0.2) is 4.80 Å². The minimum Gasteiger partial charge on any atom is -0.497 e. The highest BCUT2D eigenvalue weighted by Crippen LogP contribution is 2.22. The zero-order valence-electron chi connectivity index (χ0n) is 16.8. The van der Waals surface area contributed by atoms with Crippen LogP contribution in [0.25, 0.3) is 10.2 Å². The second-order valence-corrected chi connectivity index (χ2v) is 7.29. The fourth-order valence-corrected chi connectivity index (χ4v) is 3.88. The van der Waals surface area contributed by atoms with E-state index in [1.807, 2.05) is 0 Å². The molecule has 30 heavy (non-hydrogen) atoms. The lowest BCUT2D eigenvalue weighted by Crippen LogP contribution is -2.23. The van der Waals surface area contributed by atoms with Gasteiger partial charge >= 0.3 is 5.97 Å². The minimum absolute atomic E-state index is 0.0813. The molecule has 0 aliphatic carbocycles. The van der Waals surface area contributed by atoms with Crippen molar-refractivity contribution in [3.63, 3.8) is 0 Å². The van der Waals surface area contributed by atoms with Gasteiger partial charge in [-0.3, -0.25) is 14.4 Å². The summed E-state index contributed by atoms with van der Waals surface area (Å²) >= 11 is 1.25. The van der Waals surface area contributed by atoms with E-state index in [0.717, 1.165) is 4.70 Å². The van der Waals surface area contributed by atoms with Crippen molar-refractivity contribution in [3.05, 3.63) is 52.8 Å². The molecular weight excluding hydrogens is 406 g/mol. The van der Waals surface area contributed by atoms with Crippen LogP contribution in [0.5, 0.6) is 5.75 Å². The molecule has 0 atom stereocenters. The van der Waals surface area contributed by atoms with Crippen molar-refractivity contribution in [1.29, 1.82) is 0 Å². The van der Waals surface area contributed by atoms with Gasteiger partial charge in [0.25, 0.3) is 5.91 Å². The normalized spacial score (nSPS) is 11.4. The van der Waals surface area contributed by atoms with Gasteiger partial charge < -0.3 is 19.4 Å². The van der Waals surface area contributed by atoms with E-state index >= 15 is 0 Å². The molecule has 2 amide bonds. The fraction of sp³-hybridized carbons (Fsp3) is 0.238. The van der Waals surface area contributed by atoms with Gasteiger partial charge in [-0.1, -0.05) is 11.3 Å². The van der Waals surface area contributed by atoms with E-state index in [4.69, 9.17) is 9.47 Å². The zero-order chi connectivity index (χ0) is 21.7. The van der Waals surface area contributed by atoms with Crippen molar-refractivity contribution < 1.29 is 23.9 Å². The summed E-state index contributed by atoms with van der Waals surface area (Å²) in [4.78, 5) is 40.7. The third-order valence-corrected chi connectivity index (χ3v) is 5.17. The number of benzene rings is 2. The number of nitrogens with zero attached hydrogens (tertiary/aromatic N) is 2. The maximum atomic E-state index is 12.7. The van der Waals surface area contributed by atoms with Gasteiger partial charge in [-0.25, -0.2) is 0 Å². The lowest BCUT2D eigenvalue weighted by Gasteiger charge is -2.06. The lowest BCUT2D eigenvalue weighted by molar-refractivity contribution is -0.143. The molecule has 0 spiro atoms. The summed E-state index contributed by atoms with van der Waals surface area (Å²) in [6, 6.07) is 11.9. The molecule has 1 N–H and O–H groups in total. The number of esters is 1. The predicted octanol–water partition coefficient (Wildman–Crippen LogP) is 2.97. The molecule has 9 heteroatoms. The Labute approximate surface area is 176 Å². The number of amides is 2. The molecule has 3 rings (SSSR count). The second-order valence-electron chi connectivity index (χ2n) is 6.28. The number of ether oxygens (including phenoxy) is 2. The highest BCUT2D eigenvalue weighted by Gasteiger charge is 2.14. The van der Waals surface area contributed by atoms with Gasteiger partial charge in [0.2, 0.25) is 5.91 Å². The Morgan fingerprint density at radius 2 is 1.87 bits per heavy atom. The predicted molar refractivity (Wildman–Crippen MR) is 114 cm³/mol. The molecule has 8 nitrogen and oxygen atoms in total. The Bertz CT molecular complexity index is 1160. The minimum atomic E-state index is -0.441. The zero-order valence-corrected chi connectivity index (χ0v) is 17.6. The number of carbonyl (C=O) groups is 3. The van der Waals surface area contributed by atoms with Crippen LogP contribution in [0.4, 0.5) is 5.69 Å². The molecule has 1 heterocycles. The van der Waals surface area contributed by atoms with Gasteiger partial charge in [0.05, 0.1) is 23.9 Å². The summed E-state index contributed by atoms with van der Waals surface area (Å²) < 4.78 is 12.6. The van der Waals surface area contributed by atoms with Gasteiger partial charge in [-0.15, -0.1) is 0 Å². The molecule has 0 radical (unpaired) electrons. The van der Waals surface area contributed by atoms with Gasteiger partial charge in [-0.05, 0) is 49.4 Å².